The van der Waals surface area contributed by atoms with Crippen LogP contribution in [0.4, 0.5) is 4.39 Å². The Hall–Kier alpha value is -1.86. The number of carboxylic acids is 1. The number of fused-ring (bicyclic) bond motifs is 1. The zero-order valence-corrected chi connectivity index (χ0v) is 20.9. The van der Waals surface area contributed by atoms with Crippen molar-refractivity contribution >= 4 is 28.6 Å². The summed E-state index contributed by atoms with van der Waals surface area (Å²) in [5.74, 6) is 1.47. The highest BCUT2D eigenvalue weighted by Crippen LogP contribution is 2.36. The lowest BCUT2D eigenvalue weighted by molar-refractivity contribution is -0.139. The van der Waals surface area contributed by atoms with Gasteiger partial charge >= 0.3 is 5.97 Å². The highest BCUT2D eigenvalue weighted by Gasteiger charge is 2.31. The third-order valence-electron chi connectivity index (χ3n) is 7.55. The number of hydrogen-bond acceptors (Lipinski definition) is 5. The summed E-state index contributed by atoms with van der Waals surface area (Å²) in [6, 6.07) is 7.29. The second-order valence-electron chi connectivity index (χ2n) is 9.81. The van der Waals surface area contributed by atoms with Crippen molar-refractivity contribution < 1.29 is 19.0 Å². The fourth-order valence-corrected chi connectivity index (χ4v) is 6.63. The summed E-state index contributed by atoms with van der Waals surface area (Å²) in [5.41, 5.74) is 1.40. The maximum Gasteiger partial charge on any atom is 0.303 e. The molecule has 2 heterocycles. The molecule has 2 aliphatic rings. The van der Waals surface area contributed by atoms with Crippen molar-refractivity contribution in [2.45, 2.75) is 62.8 Å². The summed E-state index contributed by atoms with van der Waals surface area (Å²) in [6.07, 6.45) is 8.06. The number of hydrogen-bond donors (Lipinski definition) is 1. The van der Waals surface area contributed by atoms with Crippen LogP contribution in [0.5, 0.6) is 5.75 Å². The Bertz CT molecular complexity index is 955. The molecular weight excluding hydrogens is 451 g/mol. The fraction of sp³-hybridized carbons (Fsp3) is 0.630. The molecule has 0 bridgehead atoms. The molecule has 2 fully saturated rings. The van der Waals surface area contributed by atoms with Gasteiger partial charge in [0.2, 0.25) is 0 Å². The molecule has 2 aromatic rings. The van der Waals surface area contributed by atoms with Gasteiger partial charge in [-0.3, -0.25) is 9.78 Å². The topological polar surface area (TPSA) is 62.7 Å². The number of alkyl halides is 1. The number of aliphatic carboxylic acids is 1. The van der Waals surface area contributed by atoms with Crippen LogP contribution in [0, 0.1) is 11.8 Å². The molecule has 3 atom stereocenters. The number of thioether (sulfide) groups is 1. The van der Waals surface area contributed by atoms with Gasteiger partial charge in [-0.15, -0.1) is 0 Å². The summed E-state index contributed by atoms with van der Waals surface area (Å²) in [7, 11) is 1.60. The number of nitrogens with zero attached hydrogens (tertiary/aromatic N) is 2. The Labute approximate surface area is 206 Å². The van der Waals surface area contributed by atoms with Crippen LogP contribution in [0.1, 0.15) is 63.1 Å². The van der Waals surface area contributed by atoms with E-state index in [0.717, 1.165) is 48.6 Å². The van der Waals surface area contributed by atoms with E-state index in [9.17, 15) is 9.90 Å². The van der Waals surface area contributed by atoms with Crippen LogP contribution < -0.4 is 4.74 Å². The molecule has 5 nitrogen and oxygen atoms in total. The molecule has 0 spiro atoms. The molecule has 1 saturated heterocycles. The van der Waals surface area contributed by atoms with Gasteiger partial charge < -0.3 is 14.7 Å². The van der Waals surface area contributed by atoms with Crippen LogP contribution in [0.25, 0.3) is 10.9 Å². The van der Waals surface area contributed by atoms with Gasteiger partial charge in [-0.1, -0.05) is 6.42 Å². The second kappa shape index (κ2) is 12.2. The molecule has 1 N–H and O–H groups in total. The van der Waals surface area contributed by atoms with E-state index in [1.54, 1.807) is 19.4 Å². The summed E-state index contributed by atoms with van der Waals surface area (Å²) in [4.78, 5) is 18.3. The summed E-state index contributed by atoms with van der Waals surface area (Å²) in [5, 5.41) is 11.1. The van der Waals surface area contributed by atoms with Crippen LogP contribution in [-0.4, -0.2) is 58.7 Å². The van der Waals surface area contributed by atoms with Crippen LogP contribution in [0.3, 0.4) is 0 Å². The largest absolute Gasteiger partial charge is 0.497 e. The number of rotatable bonds is 12. The first kappa shape index (κ1) is 25.2. The van der Waals surface area contributed by atoms with Crippen molar-refractivity contribution in [3.8, 4) is 5.75 Å². The lowest BCUT2D eigenvalue weighted by Crippen LogP contribution is -2.42. The first-order chi connectivity index (χ1) is 16.5. The highest BCUT2D eigenvalue weighted by molar-refractivity contribution is 7.99. The monoisotopic (exact) mass is 488 g/mol. The number of likely N-dealkylation sites (tertiary alicyclic amines) is 1. The average molecular weight is 489 g/mol. The maximum absolute atomic E-state index is 15.4. The Morgan fingerprint density at radius 3 is 2.88 bits per heavy atom. The minimum absolute atomic E-state index is 0.0898. The van der Waals surface area contributed by atoms with E-state index in [4.69, 9.17) is 4.74 Å². The van der Waals surface area contributed by atoms with Gasteiger partial charge in [-0.25, -0.2) is 4.39 Å². The number of pyridine rings is 1. The summed E-state index contributed by atoms with van der Waals surface area (Å²) in [6.45, 7) is 2.84. The van der Waals surface area contributed by atoms with Crippen LogP contribution in [-0.2, 0) is 4.79 Å². The lowest BCUT2D eigenvalue weighted by Gasteiger charge is -2.38. The predicted molar refractivity (Wildman–Crippen MR) is 136 cm³/mol. The molecule has 7 heteroatoms. The molecule has 4 rings (SSSR count). The van der Waals surface area contributed by atoms with Crippen molar-refractivity contribution in [1.82, 2.24) is 9.88 Å². The van der Waals surface area contributed by atoms with E-state index in [0.29, 0.717) is 24.2 Å². The average Bonchev–Trinajstić information content (AvgIpc) is 2.81. The van der Waals surface area contributed by atoms with Crippen LogP contribution in [0.2, 0.25) is 0 Å². The number of carboxylic acid groups (broad SMARTS) is 1. The molecule has 1 aromatic heterocycles. The van der Waals surface area contributed by atoms with Gasteiger partial charge in [0.25, 0.3) is 0 Å². The molecule has 1 aromatic carbocycles. The second-order valence-corrected chi connectivity index (χ2v) is 11.2. The number of ether oxygens (including phenoxy) is 1. The Morgan fingerprint density at radius 2 is 2.15 bits per heavy atom. The first-order valence-corrected chi connectivity index (χ1v) is 13.7. The normalized spacial score (nSPS) is 22.4. The van der Waals surface area contributed by atoms with E-state index in [1.165, 1.54) is 25.0 Å². The number of halogens is 1. The van der Waals surface area contributed by atoms with Crippen LogP contribution in [0.15, 0.2) is 30.5 Å². The third-order valence-corrected chi connectivity index (χ3v) is 9.01. The van der Waals surface area contributed by atoms with E-state index < -0.39 is 12.1 Å². The fourth-order valence-electron chi connectivity index (χ4n) is 5.33. The molecule has 34 heavy (non-hydrogen) atoms. The van der Waals surface area contributed by atoms with Crippen molar-refractivity contribution in [2.75, 3.05) is 32.5 Å². The number of carbonyl (C=O) groups is 1. The zero-order chi connectivity index (χ0) is 23.9. The minimum atomic E-state index is -1.11. The quantitative estimate of drug-likeness (QED) is 0.363. The van der Waals surface area contributed by atoms with Gasteiger partial charge in [-0.05, 0) is 99.0 Å². The molecule has 1 aliphatic carbocycles. The molecule has 0 amide bonds. The van der Waals surface area contributed by atoms with E-state index >= 15 is 4.39 Å². The van der Waals surface area contributed by atoms with Crippen LogP contribution >= 0.6 is 11.8 Å². The number of piperidine rings is 1. The smallest absolute Gasteiger partial charge is 0.303 e. The molecule has 1 aliphatic heterocycles. The molecule has 186 valence electrons. The van der Waals surface area contributed by atoms with Gasteiger partial charge in [0.15, 0.2) is 0 Å². The molecule has 0 radical (unpaired) electrons. The Morgan fingerprint density at radius 1 is 1.29 bits per heavy atom. The lowest BCUT2D eigenvalue weighted by atomic mass is 9.79. The van der Waals surface area contributed by atoms with Crippen molar-refractivity contribution in [3.05, 3.63) is 36.0 Å². The number of aromatic nitrogens is 1. The zero-order valence-electron chi connectivity index (χ0n) is 20.1. The van der Waals surface area contributed by atoms with Crippen molar-refractivity contribution in [2.24, 2.45) is 11.8 Å². The van der Waals surface area contributed by atoms with E-state index in [-0.39, 0.29) is 18.3 Å². The summed E-state index contributed by atoms with van der Waals surface area (Å²) < 4.78 is 20.7. The van der Waals surface area contributed by atoms with Gasteiger partial charge in [0.1, 0.15) is 11.9 Å². The molecule has 1 saturated carbocycles. The summed E-state index contributed by atoms with van der Waals surface area (Å²) >= 11 is 2.10. The van der Waals surface area contributed by atoms with E-state index in [1.807, 2.05) is 18.2 Å². The first-order valence-electron chi connectivity index (χ1n) is 12.7. The molecule has 0 unspecified atom stereocenters. The predicted octanol–water partition coefficient (Wildman–Crippen LogP) is 6.12. The van der Waals surface area contributed by atoms with Crippen molar-refractivity contribution in [3.63, 3.8) is 0 Å². The maximum atomic E-state index is 15.4. The minimum Gasteiger partial charge on any atom is -0.497 e. The molecular formula is C27H37FN2O3S. The van der Waals surface area contributed by atoms with Crippen molar-refractivity contribution in [1.29, 1.82) is 0 Å². The third kappa shape index (κ3) is 6.63. The van der Waals surface area contributed by atoms with Gasteiger partial charge in [0.05, 0.1) is 12.6 Å². The Kier molecular flexibility index (Phi) is 9.06. The Balaban J connectivity index is 1.32. The van der Waals surface area contributed by atoms with E-state index in [2.05, 4.69) is 21.6 Å². The van der Waals surface area contributed by atoms with Gasteiger partial charge in [0, 0.05) is 29.8 Å². The van der Waals surface area contributed by atoms with Gasteiger partial charge in [-0.2, -0.15) is 11.8 Å². The standard InChI is InChI=1S/C27H37FN2O3S/c1-33-21-7-9-26-24(17-21)23(10-12-29-26)25(28)8-6-19-11-14-30(18-20(19)16-27(31)32)13-3-15-34-22-4-2-5-22/h7,9-10,12,17,19-20,22,25H,2-6,8,11,13-16,18H2,1H3,(H,31,32)/t19-,20+,25+/m1/s1. The number of methoxy groups -OCH3 is 1. The SMILES string of the molecule is COc1ccc2nccc([C@@H](F)CC[C@@H]3CCN(CCCSC4CCC4)C[C@@H]3CC(=O)O)c2c1. The highest BCUT2D eigenvalue weighted by atomic mass is 32.2. The number of benzene rings is 1.